The van der Waals surface area contributed by atoms with Crippen molar-refractivity contribution in [2.75, 3.05) is 20.2 Å². The molecule has 2 rings (SSSR count). The molecule has 2 aliphatic carbocycles. The van der Waals surface area contributed by atoms with Gasteiger partial charge in [-0.2, -0.15) is 0 Å². The maximum atomic E-state index is 12.0. The summed E-state index contributed by atoms with van der Waals surface area (Å²) in [6, 6.07) is 0.383. The van der Waals surface area contributed by atoms with Crippen molar-refractivity contribution in [3.05, 3.63) is 0 Å². The van der Waals surface area contributed by atoms with Crippen LogP contribution in [-0.2, 0) is 9.53 Å². The second-order valence-electron chi connectivity index (χ2n) is 8.04. The fourth-order valence-electron chi connectivity index (χ4n) is 4.08. The van der Waals surface area contributed by atoms with E-state index in [2.05, 4.69) is 27.9 Å². The Morgan fingerprint density at radius 3 is 2.44 bits per heavy atom. The fourth-order valence-corrected chi connectivity index (χ4v) is 4.08. The summed E-state index contributed by atoms with van der Waals surface area (Å²) in [6.07, 6.45) is 6.38. The first-order valence-electron chi connectivity index (χ1n) is 9.20. The highest BCUT2D eigenvalue weighted by atomic mass is 127. The average Bonchev–Trinajstić information content (AvgIpc) is 3.00. The molecule has 0 aromatic carbocycles. The van der Waals surface area contributed by atoms with E-state index in [1.807, 2.05) is 20.8 Å². The molecular formula is C18H35IN4O2. The molecule has 2 aliphatic rings. The average molecular weight is 466 g/mol. The number of carbonyl (C=O) groups excluding carboxylic acids is 1. The van der Waals surface area contributed by atoms with Gasteiger partial charge in [-0.25, -0.2) is 0 Å². The molecule has 0 saturated heterocycles. The summed E-state index contributed by atoms with van der Waals surface area (Å²) in [7, 11) is 1.75. The summed E-state index contributed by atoms with van der Waals surface area (Å²) in [5, 5.41) is 9.60. The number of nitrogens with one attached hydrogen (secondary N) is 3. The summed E-state index contributed by atoms with van der Waals surface area (Å²) in [5.41, 5.74) is 0.0314. The van der Waals surface area contributed by atoms with Gasteiger partial charge in [-0.15, -0.1) is 24.0 Å². The third-order valence-electron chi connectivity index (χ3n) is 5.15. The number of halogens is 1. The Hall–Kier alpha value is -0.570. The largest absolute Gasteiger partial charge is 0.378 e. The van der Waals surface area contributed by atoms with Crippen molar-refractivity contribution in [3.8, 4) is 0 Å². The van der Waals surface area contributed by atoms with Crippen LogP contribution >= 0.6 is 24.0 Å². The number of carbonyl (C=O) groups is 1. The molecule has 3 N–H and O–H groups in total. The number of guanidine groups is 1. The molecule has 7 heteroatoms. The Morgan fingerprint density at radius 2 is 1.92 bits per heavy atom. The monoisotopic (exact) mass is 466 g/mol. The molecule has 2 saturated carbocycles. The molecule has 2 atom stereocenters. The lowest BCUT2D eigenvalue weighted by atomic mass is 9.60. The van der Waals surface area contributed by atoms with E-state index in [9.17, 15) is 4.79 Å². The molecule has 1 spiro atoms. The van der Waals surface area contributed by atoms with E-state index >= 15 is 0 Å². The predicted octanol–water partition coefficient (Wildman–Crippen LogP) is 2.42. The minimum atomic E-state index is -0.220. The molecule has 0 heterocycles. The number of hydrogen-bond acceptors (Lipinski definition) is 3. The second kappa shape index (κ2) is 9.39. The van der Waals surface area contributed by atoms with Gasteiger partial charge in [-0.1, -0.05) is 12.8 Å². The van der Waals surface area contributed by atoms with Crippen LogP contribution in [0.4, 0.5) is 0 Å². The number of hydrogen-bond donors (Lipinski definition) is 3. The first-order chi connectivity index (χ1) is 11.3. The van der Waals surface area contributed by atoms with E-state index in [0.717, 1.165) is 13.0 Å². The molecular weight excluding hydrogens is 431 g/mol. The summed E-state index contributed by atoms with van der Waals surface area (Å²) in [4.78, 5) is 16.2. The maximum absolute atomic E-state index is 12.0. The van der Waals surface area contributed by atoms with Crippen molar-refractivity contribution in [3.63, 3.8) is 0 Å². The van der Waals surface area contributed by atoms with Gasteiger partial charge < -0.3 is 20.7 Å². The third kappa shape index (κ3) is 5.70. The van der Waals surface area contributed by atoms with Crippen LogP contribution in [-0.4, -0.2) is 49.8 Å². The van der Waals surface area contributed by atoms with Gasteiger partial charge >= 0.3 is 0 Å². The summed E-state index contributed by atoms with van der Waals surface area (Å²) >= 11 is 0. The van der Waals surface area contributed by atoms with E-state index in [1.165, 1.54) is 25.7 Å². The zero-order valence-corrected chi connectivity index (χ0v) is 18.6. The normalized spacial score (nSPS) is 25.1. The number of rotatable bonds is 5. The van der Waals surface area contributed by atoms with Gasteiger partial charge in [-0.3, -0.25) is 9.79 Å². The second-order valence-corrected chi connectivity index (χ2v) is 8.04. The topological polar surface area (TPSA) is 74.8 Å². The standard InChI is InChI=1S/C18H34N4O2.HI/c1-6-24-14-11-13(18(14)9-7-8-10-18)21-16(19-5)20-12-15(23)22-17(2,3)4;/h13-14H,6-12H2,1-5H3,(H,22,23)(H2,19,20,21);1H. The number of ether oxygens (including phenoxy) is 1. The van der Waals surface area contributed by atoms with E-state index < -0.39 is 0 Å². The Kier molecular flexibility index (Phi) is 8.44. The van der Waals surface area contributed by atoms with Crippen molar-refractivity contribution in [2.24, 2.45) is 10.4 Å². The molecule has 2 unspecified atom stereocenters. The molecule has 0 bridgehead atoms. The van der Waals surface area contributed by atoms with Gasteiger partial charge in [0.05, 0.1) is 12.6 Å². The number of amides is 1. The zero-order chi connectivity index (χ0) is 17.8. The van der Waals surface area contributed by atoms with Gasteiger partial charge in [0.25, 0.3) is 0 Å². The van der Waals surface area contributed by atoms with Crippen LogP contribution in [0.3, 0.4) is 0 Å². The van der Waals surface area contributed by atoms with Gasteiger partial charge in [0.2, 0.25) is 5.91 Å². The summed E-state index contributed by atoms with van der Waals surface area (Å²) in [6.45, 7) is 9.00. The van der Waals surface area contributed by atoms with Crippen LogP contribution in [0.2, 0.25) is 0 Å². The Bertz CT molecular complexity index is 470. The fraction of sp³-hybridized carbons (Fsp3) is 0.889. The highest BCUT2D eigenvalue weighted by molar-refractivity contribution is 14.0. The lowest BCUT2D eigenvalue weighted by molar-refractivity contribution is -0.126. The van der Waals surface area contributed by atoms with E-state index in [-0.39, 0.29) is 47.4 Å². The number of aliphatic imine (C=N–C) groups is 1. The lowest BCUT2D eigenvalue weighted by Gasteiger charge is -2.54. The van der Waals surface area contributed by atoms with Crippen molar-refractivity contribution < 1.29 is 9.53 Å². The van der Waals surface area contributed by atoms with Crippen molar-refractivity contribution in [1.82, 2.24) is 16.0 Å². The first-order valence-corrected chi connectivity index (χ1v) is 9.20. The van der Waals surface area contributed by atoms with E-state index in [1.54, 1.807) is 7.05 Å². The van der Waals surface area contributed by atoms with Crippen molar-refractivity contribution in [2.45, 2.75) is 77.5 Å². The third-order valence-corrected chi connectivity index (χ3v) is 5.15. The minimum Gasteiger partial charge on any atom is -0.378 e. The molecule has 2 fully saturated rings. The molecule has 0 radical (unpaired) electrons. The molecule has 146 valence electrons. The van der Waals surface area contributed by atoms with Crippen LogP contribution < -0.4 is 16.0 Å². The smallest absolute Gasteiger partial charge is 0.239 e. The Balaban J connectivity index is 0.00000312. The van der Waals surface area contributed by atoms with Gasteiger partial charge in [0.1, 0.15) is 0 Å². The highest BCUT2D eigenvalue weighted by Gasteiger charge is 2.56. The minimum absolute atomic E-state index is 0. The van der Waals surface area contributed by atoms with Crippen LogP contribution in [0.25, 0.3) is 0 Å². The molecule has 6 nitrogen and oxygen atoms in total. The predicted molar refractivity (Wildman–Crippen MR) is 113 cm³/mol. The lowest BCUT2D eigenvalue weighted by Crippen LogP contribution is -2.65. The zero-order valence-electron chi connectivity index (χ0n) is 16.3. The first kappa shape index (κ1) is 22.5. The summed E-state index contributed by atoms with van der Waals surface area (Å²) in [5.74, 6) is 0.673. The van der Waals surface area contributed by atoms with Crippen molar-refractivity contribution >= 4 is 35.8 Å². The molecule has 25 heavy (non-hydrogen) atoms. The Morgan fingerprint density at radius 1 is 1.28 bits per heavy atom. The van der Waals surface area contributed by atoms with Crippen LogP contribution in [0, 0.1) is 5.41 Å². The SMILES string of the molecule is CCOC1CC(NC(=NC)NCC(=O)NC(C)(C)C)C12CCCC2.I. The molecule has 0 aromatic heterocycles. The van der Waals surface area contributed by atoms with Gasteiger partial charge in [-0.05, 0) is 47.0 Å². The quantitative estimate of drug-likeness (QED) is 0.331. The summed E-state index contributed by atoms with van der Waals surface area (Å²) < 4.78 is 5.95. The van der Waals surface area contributed by atoms with Gasteiger partial charge in [0.15, 0.2) is 5.96 Å². The molecule has 0 aromatic rings. The van der Waals surface area contributed by atoms with E-state index in [4.69, 9.17) is 4.74 Å². The van der Waals surface area contributed by atoms with Crippen molar-refractivity contribution in [1.29, 1.82) is 0 Å². The van der Waals surface area contributed by atoms with Gasteiger partial charge in [0, 0.05) is 30.7 Å². The van der Waals surface area contributed by atoms with Crippen LogP contribution in [0.15, 0.2) is 4.99 Å². The van der Waals surface area contributed by atoms with Crippen LogP contribution in [0.1, 0.15) is 59.8 Å². The number of nitrogens with zero attached hydrogens (tertiary/aromatic N) is 1. The Labute approximate surface area is 169 Å². The van der Waals surface area contributed by atoms with Crippen LogP contribution in [0.5, 0.6) is 0 Å². The molecule has 1 amide bonds. The maximum Gasteiger partial charge on any atom is 0.239 e. The molecule has 0 aliphatic heterocycles. The highest BCUT2D eigenvalue weighted by Crippen LogP contribution is 2.54. The van der Waals surface area contributed by atoms with E-state index in [0.29, 0.717) is 18.1 Å².